The standard InChI is InChI=1S/C31H31N3O5/c1-2-24(28-25(35)20-27(39-28)34-19-18-26(36)33-30(34)38)32-29(37)31(21-12-6-3-7-13-21,22-14-8-4-9-15-22)23-16-10-5-11-17-23/h3-19,24-25,27-28,35H,2,20H2,1H3,(H,32,37)(H,33,36,38)/t24?,25?,27-,28-/m0/s1. The van der Waals surface area contributed by atoms with Gasteiger partial charge >= 0.3 is 5.69 Å². The molecular weight excluding hydrogens is 494 g/mol. The van der Waals surface area contributed by atoms with Crippen LogP contribution in [0.4, 0.5) is 0 Å². The zero-order chi connectivity index (χ0) is 27.4. The Kier molecular flexibility index (Phi) is 7.58. The van der Waals surface area contributed by atoms with Crippen LogP contribution in [0.3, 0.4) is 0 Å². The van der Waals surface area contributed by atoms with Crippen LogP contribution >= 0.6 is 0 Å². The van der Waals surface area contributed by atoms with E-state index in [0.717, 1.165) is 16.7 Å². The molecule has 5 rings (SSSR count). The third kappa shape index (κ3) is 4.96. The molecule has 0 bridgehead atoms. The van der Waals surface area contributed by atoms with Crippen LogP contribution in [0.15, 0.2) is 113 Å². The van der Waals surface area contributed by atoms with Gasteiger partial charge in [-0.2, -0.15) is 0 Å². The van der Waals surface area contributed by atoms with Crippen LogP contribution in [-0.4, -0.2) is 38.8 Å². The number of aliphatic hydroxyl groups is 1. The van der Waals surface area contributed by atoms with Crippen molar-refractivity contribution in [3.63, 3.8) is 0 Å². The van der Waals surface area contributed by atoms with Crippen LogP contribution < -0.4 is 16.6 Å². The van der Waals surface area contributed by atoms with E-state index in [2.05, 4.69) is 10.3 Å². The molecule has 3 aromatic carbocycles. The van der Waals surface area contributed by atoms with E-state index in [0.29, 0.717) is 6.42 Å². The van der Waals surface area contributed by atoms with Crippen molar-refractivity contribution >= 4 is 5.91 Å². The molecule has 200 valence electrons. The third-order valence-electron chi connectivity index (χ3n) is 7.41. The molecule has 8 heteroatoms. The first kappa shape index (κ1) is 26.3. The van der Waals surface area contributed by atoms with Crippen molar-refractivity contribution in [2.75, 3.05) is 0 Å². The number of rotatable bonds is 8. The van der Waals surface area contributed by atoms with Gasteiger partial charge in [-0.25, -0.2) is 4.79 Å². The van der Waals surface area contributed by atoms with Crippen molar-refractivity contribution in [1.29, 1.82) is 0 Å². The lowest BCUT2D eigenvalue weighted by atomic mass is 9.68. The molecule has 1 aliphatic heterocycles. The van der Waals surface area contributed by atoms with Crippen molar-refractivity contribution in [3.8, 4) is 0 Å². The van der Waals surface area contributed by atoms with Crippen LogP contribution in [0.1, 0.15) is 42.7 Å². The summed E-state index contributed by atoms with van der Waals surface area (Å²) in [7, 11) is 0. The van der Waals surface area contributed by atoms with Crippen LogP contribution in [0, 0.1) is 0 Å². The van der Waals surface area contributed by atoms with E-state index >= 15 is 0 Å². The lowest BCUT2D eigenvalue weighted by Gasteiger charge is -2.37. The second kappa shape index (κ2) is 11.2. The Bertz CT molecular complexity index is 1420. The van der Waals surface area contributed by atoms with Gasteiger partial charge in [0.05, 0.1) is 12.1 Å². The molecule has 2 unspecified atom stereocenters. The summed E-state index contributed by atoms with van der Waals surface area (Å²) in [5.41, 5.74) is 0.120. The van der Waals surface area contributed by atoms with Gasteiger partial charge in [0.1, 0.15) is 17.7 Å². The molecule has 3 N–H and O–H groups in total. The van der Waals surface area contributed by atoms with Gasteiger partial charge in [0.2, 0.25) is 5.91 Å². The Hall–Kier alpha value is -4.27. The van der Waals surface area contributed by atoms with E-state index in [9.17, 15) is 19.5 Å². The summed E-state index contributed by atoms with van der Waals surface area (Å²) in [5, 5.41) is 14.2. The monoisotopic (exact) mass is 525 g/mol. The largest absolute Gasteiger partial charge is 0.390 e. The molecule has 1 aromatic heterocycles. The summed E-state index contributed by atoms with van der Waals surface area (Å²) in [5.74, 6) is -0.251. The fourth-order valence-electron chi connectivity index (χ4n) is 5.52. The predicted octanol–water partition coefficient (Wildman–Crippen LogP) is 3.11. The Balaban J connectivity index is 1.53. The molecule has 1 amide bonds. The van der Waals surface area contributed by atoms with Gasteiger partial charge in [-0.15, -0.1) is 0 Å². The minimum absolute atomic E-state index is 0.143. The van der Waals surface area contributed by atoms with Gasteiger partial charge in [0, 0.05) is 18.7 Å². The smallest absolute Gasteiger partial charge is 0.330 e. The maximum Gasteiger partial charge on any atom is 0.330 e. The Morgan fingerprint density at radius 3 is 1.92 bits per heavy atom. The summed E-state index contributed by atoms with van der Waals surface area (Å²) in [6.45, 7) is 1.91. The van der Waals surface area contributed by atoms with Crippen molar-refractivity contribution in [2.24, 2.45) is 0 Å². The lowest BCUT2D eigenvalue weighted by molar-refractivity contribution is -0.127. The number of benzene rings is 3. The van der Waals surface area contributed by atoms with Crippen molar-refractivity contribution in [3.05, 3.63) is 141 Å². The number of carbonyl (C=O) groups is 1. The molecular formula is C31H31N3O5. The molecule has 1 fully saturated rings. The van der Waals surface area contributed by atoms with E-state index < -0.39 is 41.1 Å². The van der Waals surface area contributed by atoms with Gasteiger partial charge in [0.15, 0.2) is 0 Å². The molecule has 8 nitrogen and oxygen atoms in total. The average Bonchev–Trinajstić information content (AvgIpc) is 3.34. The SMILES string of the molecule is CCC(NC(=O)C(c1ccccc1)(c1ccccc1)c1ccccc1)[C@@H]1O[C@H](n2ccc(=O)[nH]c2=O)CC1O. The third-order valence-corrected chi connectivity index (χ3v) is 7.41. The highest BCUT2D eigenvalue weighted by molar-refractivity contribution is 5.96. The lowest BCUT2D eigenvalue weighted by Crippen LogP contribution is -2.54. The Morgan fingerprint density at radius 2 is 1.46 bits per heavy atom. The second-order valence-electron chi connectivity index (χ2n) is 9.71. The molecule has 0 aliphatic carbocycles. The first-order valence-electron chi connectivity index (χ1n) is 13.1. The first-order valence-corrected chi connectivity index (χ1v) is 13.1. The Labute approximate surface area is 225 Å². The zero-order valence-electron chi connectivity index (χ0n) is 21.6. The van der Waals surface area contributed by atoms with Gasteiger partial charge < -0.3 is 15.2 Å². The average molecular weight is 526 g/mol. The summed E-state index contributed by atoms with van der Waals surface area (Å²) >= 11 is 0. The van der Waals surface area contributed by atoms with E-state index in [1.807, 2.05) is 97.9 Å². The number of aliphatic hydroxyl groups excluding tert-OH is 1. The Morgan fingerprint density at radius 1 is 0.949 bits per heavy atom. The number of carbonyl (C=O) groups excluding carboxylic acids is 1. The molecule has 0 spiro atoms. The first-order chi connectivity index (χ1) is 18.9. The summed E-state index contributed by atoms with van der Waals surface area (Å²) < 4.78 is 7.39. The molecule has 39 heavy (non-hydrogen) atoms. The second-order valence-corrected chi connectivity index (χ2v) is 9.71. The fourth-order valence-corrected chi connectivity index (χ4v) is 5.52. The molecule has 0 radical (unpaired) electrons. The van der Waals surface area contributed by atoms with E-state index in [1.165, 1.54) is 16.8 Å². The van der Waals surface area contributed by atoms with Crippen LogP contribution in [0.2, 0.25) is 0 Å². The number of amides is 1. The fraction of sp³-hybridized carbons (Fsp3) is 0.258. The van der Waals surface area contributed by atoms with Gasteiger partial charge in [-0.1, -0.05) is 97.9 Å². The maximum atomic E-state index is 14.6. The highest BCUT2D eigenvalue weighted by atomic mass is 16.5. The number of H-pyrrole nitrogens is 1. The van der Waals surface area contributed by atoms with Crippen LogP contribution in [0.5, 0.6) is 0 Å². The number of aromatic nitrogens is 2. The highest BCUT2D eigenvalue weighted by Gasteiger charge is 2.47. The topological polar surface area (TPSA) is 113 Å². The summed E-state index contributed by atoms with van der Waals surface area (Å²) in [4.78, 5) is 40.7. The number of hydrogen-bond acceptors (Lipinski definition) is 5. The molecule has 1 saturated heterocycles. The van der Waals surface area contributed by atoms with Gasteiger partial charge in [-0.3, -0.25) is 19.1 Å². The van der Waals surface area contributed by atoms with Crippen molar-refractivity contribution in [2.45, 2.75) is 49.7 Å². The molecule has 2 heterocycles. The number of hydrogen-bond donors (Lipinski definition) is 3. The zero-order valence-corrected chi connectivity index (χ0v) is 21.6. The van der Waals surface area contributed by atoms with E-state index in [4.69, 9.17) is 4.74 Å². The molecule has 0 saturated carbocycles. The van der Waals surface area contributed by atoms with Crippen molar-refractivity contribution in [1.82, 2.24) is 14.9 Å². The molecule has 1 aliphatic rings. The quantitative estimate of drug-likeness (QED) is 0.306. The van der Waals surface area contributed by atoms with Gasteiger partial charge in [0.25, 0.3) is 5.56 Å². The van der Waals surface area contributed by atoms with Gasteiger partial charge in [-0.05, 0) is 23.1 Å². The minimum atomic E-state index is -1.17. The van der Waals surface area contributed by atoms with E-state index in [-0.39, 0.29) is 12.3 Å². The maximum absolute atomic E-state index is 14.6. The number of aromatic amines is 1. The number of nitrogens with one attached hydrogen (secondary N) is 2. The summed E-state index contributed by atoms with van der Waals surface area (Å²) in [6, 6.07) is 29.6. The highest BCUT2D eigenvalue weighted by Crippen LogP contribution is 2.40. The van der Waals surface area contributed by atoms with Crippen LogP contribution in [-0.2, 0) is 14.9 Å². The predicted molar refractivity (Wildman–Crippen MR) is 147 cm³/mol. The number of nitrogens with zero attached hydrogens (tertiary/aromatic N) is 1. The number of ether oxygens (including phenoxy) is 1. The molecule has 4 aromatic rings. The summed E-state index contributed by atoms with van der Waals surface area (Å²) in [6.07, 6.45) is -0.491. The van der Waals surface area contributed by atoms with E-state index in [1.54, 1.807) is 0 Å². The van der Waals surface area contributed by atoms with Crippen molar-refractivity contribution < 1.29 is 14.6 Å². The van der Waals surface area contributed by atoms with Crippen LogP contribution in [0.25, 0.3) is 0 Å². The molecule has 4 atom stereocenters. The minimum Gasteiger partial charge on any atom is -0.390 e. The normalized spacial score (nSPS) is 19.9.